The maximum Gasteiger partial charge on any atom is 0.433 e. The first-order valence-electron chi connectivity index (χ1n) is 11.4. The lowest BCUT2D eigenvalue weighted by atomic mass is 10.2. The van der Waals surface area contributed by atoms with Crippen LogP contribution in [0.2, 0.25) is 5.02 Å². The van der Waals surface area contributed by atoms with Crippen molar-refractivity contribution in [3.05, 3.63) is 98.1 Å². The van der Waals surface area contributed by atoms with E-state index in [0.717, 1.165) is 47.7 Å². The fourth-order valence-electron chi connectivity index (χ4n) is 3.77. The SMILES string of the molecule is O=C(Nc1cc(Oc2cccc(C(F)(F)F)c2)cc([N+](=O)[O-])c1)c1nn2c(C(F)(F)F)cc(-c3cccs3)nc2c1Cl. The number of anilines is 1. The van der Waals surface area contributed by atoms with Crippen LogP contribution in [0.25, 0.3) is 16.2 Å². The van der Waals surface area contributed by atoms with Gasteiger partial charge in [-0.1, -0.05) is 23.7 Å². The molecule has 0 bridgehead atoms. The summed E-state index contributed by atoms with van der Waals surface area (Å²) in [6.07, 6.45) is -9.59. The molecule has 42 heavy (non-hydrogen) atoms. The Bertz CT molecular complexity index is 1840. The van der Waals surface area contributed by atoms with Gasteiger partial charge in [-0.05, 0) is 35.7 Å². The fraction of sp³-hybridized carbons (Fsp3) is 0.0800. The van der Waals surface area contributed by atoms with Crippen LogP contribution in [-0.4, -0.2) is 25.4 Å². The first kappa shape index (κ1) is 28.8. The second-order valence-corrected chi connectivity index (χ2v) is 9.78. The highest BCUT2D eigenvalue weighted by molar-refractivity contribution is 7.13. The summed E-state index contributed by atoms with van der Waals surface area (Å²) in [5, 5.41) is 18.5. The molecule has 0 radical (unpaired) electrons. The number of alkyl halides is 6. The van der Waals surface area contributed by atoms with Gasteiger partial charge < -0.3 is 10.1 Å². The lowest BCUT2D eigenvalue weighted by molar-refractivity contribution is -0.384. The van der Waals surface area contributed by atoms with Crippen molar-refractivity contribution < 1.29 is 40.8 Å². The molecule has 0 fully saturated rings. The molecular weight excluding hydrogens is 616 g/mol. The summed E-state index contributed by atoms with van der Waals surface area (Å²) in [4.78, 5) is 28.2. The molecule has 0 saturated carbocycles. The van der Waals surface area contributed by atoms with Crippen LogP contribution in [0.5, 0.6) is 11.5 Å². The summed E-state index contributed by atoms with van der Waals surface area (Å²) >= 11 is 7.38. The standard InChI is InChI=1S/C25H12ClF6N5O4S/c26-20-21(35-36-19(25(30,31)32)11-17(34-22(20)36)18-5-2-6-42-18)23(38)33-13-8-14(37(39)40)10-16(9-13)41-15-4-1-3-12(7-15)24(27,28)29/h1-11H,(H,33,38). The van der Waals surface area contributed by atoms with Crippen molar-refractivity contribution >= 4 is 45.9 Å². The van der Waals surface area contributed by atoms with Gasteiger partial charge in [0.15, 0.2) is 17.0 Å². The molecule has 17 heteroatoms. The van der Waals surface area contributed by atoms with Crippen LogP contribution in [-0.2, 0) is 12.4 Å². The van der Waals surface area contributed by atoms with E-state index >= 15 is 0 Å². The van der Waals surface area contributed by atoms with Crippen LogP contribution in [0.4, 0.5) is 37.7 Å². The third kappa shape index (κ3) is 5.84. The minimum Gasteiger partial charge on any atom is -0.457 e. The Morgan fingerprint density at radius 2 is 1.76 bits per heavy atom. The zero-order valence-corrected chi connectivity index (χ0v) is 21.9. The molecule has 0 aliphatic heterocycles. The molecule has 0 atom stereocenters. The van der Waals surface area contributed by atoms with Crippen molar-refractivity contribution in [2.24, 2.45) is 0 Å². The number of nitrogens with zero attached hydrogens (tertiary/aromatic N) is 4. The molecule has 216 valence electrons. The Morgan fingerprint density at radius 1 is 1.00 bits per heavy atom. The number of non-ortho nitro benzene ring substituents is 1. The van der Waals surface area contributed by atoms with Crippen molar-refractivity contribution in [1.29, 1.82) is 0 Å². The molecule has 9 nitrogen and oxygen atoms in total. The molecule has 3 aromatic heterocycles. The van der Waals surface area contributed by atoms with Gasteiger partial charge in [-0.3, -0.25) is 14.9 Å². The number of hydrogen-bond donors (Lipinski definition) is 1. The molecule has 0 aliphatic carbocycles. The number of aromatic nitrogens is 3. The smallest absolute Gasteiger partial charge is 0.433 e. The maximum absolute atomic E-state index is 13.9. The number of fused-ring (bicyclic) bond motifs is 1. The van der Waals surface area contributed by atoms with Crippen LogP contribution in [0.1, 0.15) is 21.7 Å². The third-order valence-corrected chi connectivity index (χ3v) is 6.81. The van der Waals surface area contributed by atoms with Crippen molar-refractivity contribution in [3.63, 3.8) is 0 Å². The second kappa shape index (κ2) is 10.6. The van der Waals surface area contributed by atoms with Crippen molar-refractivity contribution in [2.75, 3.05) is 5.32 Å². The summed E-state index contributed by atoms with van der Waals surface area (Å²) in [6, 6.07) is 10.5. The number of carbonyl (C=O) groups excluding carboxylic acids is 1. The third-order valence-electron chi connectivity index (χ3n) is 5.57. The Hall–Kier alpha value is -4.70. The van der Waals surface area contributed by atoms with E-state index in [9.17, 15) is 41.3 Å². The molecule has 5 rings (SSSR count). The maximum atomic E-state index is 13.9. The number of ether oxygens (including phenoxy) is 1. The van der Waals surface area contributed by atoms with Crippen molar-refractivity contribution in [2.45, 2.75) is 12.4 Å². The zero-order chi connectivity index (χ0) is 30.4. The van der Waals surface area contributed by atoms with Crippen molar-refractivity contribution in [1.82, 2.24) is 14.6 Å². The fourth-order valence-corrected chi connectivity index (χ4v) is 4.70. The predicted octanol–water partition coefficient (Wildman–Crippen LogP) is 8.10. The number of thiophene rings is 1. The van der Waals surface area contributed by atoms with Crippen LogP contribution in [0, 0.1) is 10.1 Å². The van der Waals surface area contributed by atoms with E-state index in [-0.39, 0.29) is 22.9 Å². The highest BCUT2D eigenvalue weighted by atomic mass is 35.5. The first-order chi connectivity index (χ1) is 19.7. The number of nitro benzene ring substituents is 1. The average molecular weight is 628 g/mol. The Labute approximate surface area is 239 Å². The van der Waals surface area contributed by atoms with Crippen molar-refractivity contribution in [3.8, 4) is 22.1 Å². The molecule has 3 heterocycles. The van der Waals surface area contributed by atoms with Crippen LogP contribution in [0.15, 0.2) is 66.0 Å². The van der Waals surface area contributed by atoms with E-state index in [1.807, 2.05) is 0 Å². The lowest BCUT2D eigenvalue weighted by Gasteiger charge is -2.11. The molecule has 1 amide bonds. The number of rotatable bonds is 6. The van der Waals surface area contributed by atoms with E-state index in [2.05, 4.69) is 15.4 Å². The quantitative estimate of drug-likeness (QED) is 0.116. The van der Waals surface area contributed by atoms with Gasteiger partial charge in [0.05, 0.1) is 32.8 Å². The first-order valence-corrected chi connectivity index (χ1v) is 12.6. The summed E-state index contributed by atoms with van der Waals surface area (Å²) in [5.74, 6) is -1.78. The monoisotopic (exact) mass is 627 g/mol. The summed E-state index contributed by atoms with van der Waals surface area (Å²) < 4.78 is 86.6. The minimum atomic E-state index is -4.91. The predicted molar refractivity (Wildman–Crippen MR) is 139 cm³/mol. The van der Waals surface area contributed by atoms with Crippen LogP contribution in [0.3, 0.4) is 0 Å². The largest absolute Gasteiger partial charge is 0.457 e. The summed E-state index contributed by atoms with van der Waals surface area (Å²) in [7, 11) is 0. The van der Waals surface area contributed by atoms with Gasteiger partial charge in [-0.15, -0.1) is 11.3 Å². The molecule has 0 spiro atoms. The molecule has 0 saturated heterocycles. The van der Waals surface area contributed by atoms with E-state index in [0.29, 0.717) is 15.5 Å². The van der Waals surface area contributed by atoms with Gasteiger partial charge in [0.1, 0.15) is 16.5 Å². The molecule has 5 aromatic rings. The van der Waals surface area contributed by atoms with E-state index in [1.54, 1.807) is 17.5 Å². The van der Waals surface area contributed by atoms with Gasteiger partial charge in [0.25, 0.3) is 11.6 Å². The summed E-state index contributed by atoms with van der Waals surface area (Å²) in [6.45, 7) is 0. The molecule has 2 aromatic carbocycles. The topological polar surface area (TPSA) is 112 Å². The Kier molecular flexibility index (Phi) is 7.28. The van der Waals surface area contributed by atoms with E-state index < -0.39 is 56.5 Å². The number of nitrogens with one attached hydrogen (secondary N) is 1. The zero-order valence-electron chi connectivity index (χ0n) is 20.3. The number of amides is 1. The molecule has 1 N–H and O–H groups in total. The lowest BCUT2D eigenvalue weighted by Crippen LogP contribution is -2.16. The number of carbonyl (C=O) groups is 1. The van der Waals surface area contributed by atoms with Gasteiger partial charge in [-0.25, -0.2) is 9.50 Å². The van der Waals surface area contributed by atoms with Gasteiger partial charge in [0.2, 0.25) is 0 Å². The number of nitro groups is 1. The highest BCUT2D eigenvalue weighted by Crippen LogP contribution is 2.37. The summed E-state index contributed by atoms with van der Waals surface area (Å²) in [5.41, 5.74) is -4.39. The van der Waals surface area contributed by atoms with Crippen LogP contribution < -0.4 is 10.1 Å². The molecule has 0 unspecified atom stereocenters. The van der Waals surface area contributed by atoms with Gasteiger partial charge in [0, 0.05) is 12.1 Å². The minimum absolute atomic E-state index is 0.0614. The van der Waals surface area contributed by atoms with Gasteiger partial charge >= 0.3 is 12.4 Å². The Morgan fingerprint density at radius 3 is 2.40 bits per heavy atom. The number of halogens is 7. The molecule has 0 aliphatic rings. The molecular formula is C25H12ClF6N5O4S. The number of benzene rings is 2. The van der Waals surface area contributed by atoms with Crippen LogP contribution >= 0.6 is 22.9 Å². The second-order valence-electron chi connectivity index (χ2n) is 8.45. The Balaban J connectivity index is 1.51. The highest BCUT2D eigenvalue weighted by Gasteiger charge is 2.37. The van der Waals surface area contributed by atoms with E-state index in [1.165, 1.54) is 6.07 Å². The number of hydrogen-bond acceptors (Lipinski definition) is 7. The van der Waals surface area contributed by atoms with Gasteiger partial charge in [-0.2, -0.15) is 31.4 Å². The normalized spacial score (nSPS) is 12.0. The van der Waals surface area contributed by atoms with E-state index in [4.69, 9.17) is 16.3 Å². The average Bonchev–Trinajstić information content (AvgIpc) is 3.56.